The van der Waals surface area contributed by atoms with Crippen molar-refractivity contribution in [2.75, 3.05) is 32.2 Å². The van der Waals surface area contributed by atoms with Crippen molar-refractivity contribution in [3.05, 3.63) is 18.2 Å². The molecule has 2 rings (SSSR count). The summed E-state index contributed by atoms with van der Waals surface area (Å²) in [6.45, 7) is 5.24. The molecular weight excluding hydrogens is 308 g/mol. The van der Waals surface area contributed by atoms with Crippen LogP contribution in [0.3, 0.4) is 0 Å². The highest BCUT2D eigenvalue weighted by Crippen LogP contribution is 2.35. The minimum Gasteiger partial charge on any atom is -0.497 e. The first-order valence-electron chi connectivity index (χ1n) is 8.26. The van der Waals surface area contributed by atoms with Gasteiger partial charge in [0.1, 0.15) is 11.5 Å². The summed E-state index contributed by atoms with van der Waals surface area (Å²) in [5.41, 5.74) is 0.667. The number of nitrogens with zero attached hydrogens (tertiary/aromatic N) is 1. The van der Waals surface area contributed by atoms with Crippen LogP contribution in [0.15, 0.2) is 18.2 Å². The fourth-order valence-corrected chi connectivity index (χ4v) is 2.75. The number of carbonyl (C=O) groups is 2. The summed E-state index contributed by atoms with van der Waals surface area (Å²) >= 11 is 0. The van der Waals surface area contributed by atoms with E-state index in [4.69, 9.17) is 9.47 Å². The van der Waals surface area contributed by atoms with E-state index in [9.17, 15) is 9.59 Å². The summed E-state index contributed by atoms with van der Waals surface area (Å²) in [4.78, 5) is 26.2. The van der Waals surface area contributed by atoms with Crippen molar-refractivity contribution in [1.82, 2.24) is 5.32 Å². The van der Waals surface area contributed by atoms with Crippen molar-refractivity contribution in [3.8, 4) is 11.5 Å². The predicted octanol–water partition coefficient (Wildman–Crippen LogP) is 2.22. The molecule has 0 bridgehead atoms. The lowest BCUT2D eigenvalue weighted by Gasteiger charge is -2.20. The molecule has 0 unspecified atom stereocenters. The zero-order chi connectivity index (χ0) is 17.7. The maximum Gasteiger partial charge on any atom is 0.227 e. The highest BCUT2D eigenvalue weighted by molar-refractivity contribution is 6.01. The maximum absolute atomic E-state index is 12.4. The van der Waals surface area contributed by atoms with Crippen LogP contribution in [0.5, 0.6) is 11.5 Å². The number of hydrogen-bond acceptors (Lipinski definition) is 4. The average Bonchev–Trinajstić information content (AvgIpc) is 2.95. The Morgan fingerprint density at radius 2 is 2.08 bits per heavy atom. The van der Waals surface area contributed by atoms with Gasteiger partial charge in [0.25, 0.3) is 0 Å². The number of ether oxygens (including phenoxy) is 2. The molecule has 6 nitrogen and oxygen atoms in total. The molecule has 0 aromatic heterocycles. The van der Waals surface area contributed by atoms with Crippen LogP contribution < -0.4 is 19.7 Å². The summed E-state index contributed by atoms with van der Waals surface area (Å²) in [6.07, 6.45) is 1.16. The Kier molecular flexibility index (Phi) is 6.06. The molecule has 1 atom stereocenters. The van der Waals surface area contributed by atoms with Crippen LogP contribution in [-0.4, -0.2) is 39.1 Å². The van der Waals surface area contributed by atoms with Crippen molar-refractivity contribution in [3.63, 3.8) is 0 Å². The smallest absolute Gasteiger partial charge is 0.227 e. The van der Waals surface area contributed by atoms with Gasteiger partial charge in [0, 0.05) is 25.6 Å². The summed E-state index contributed by atoms with van der Waals surface area (Å²) < 4.78 is 10.5. The Balaban J connectivity index is 2.06. The van der Waals surface area contributed by atoms with Crippen molar-refractivity contribution < 1.29 is 19.1 Å². The highest BCUT2D eigenvalue weighted by Gasteiger charge is 2.36. The molecule has 1 fully saturated rings. The molecule has 1 aliphatic heterocycles. The molecule has 6 heteroatoms. The van der Waals surface area contributed by atoms with Crippen LogP contribution in [0.4, 0.5) is 5.69 Å². The van der Waals surface area contributed by atoms with Crippen molar-refractivity contribution in [2.45, 2.75) is 26.7 Å². The molecule has 0 radical (unpaired) electrons. The number of carbonyl (C=O) groups excluding carboxylic acids is 2. The Morgan fingerprint density at radius 1 is 1.33 bits per heavy atom. The molecule has 1 saturated heterocycles. The van der Waals surface area contributed by atoms with Crippen molar-refractivity contribution in [1.29, 1.82) is 0 Å². The Hall–Kier alpha value is -2.24. The first-order valence-corrected chi connectivity index (χ1v) is 8.26. The zero-order valence-corrected chi connectivity index (χ0v) is 14.8. The third kappa shape index (κ3) is 4.19. The van der Waals surface area contributed by atoms with Gasteiger partial charge in [-0.1, -0.05) is 13.8 Å². The van der Waals surface area contributed by atoms with Gasteiger partial charge in [-0.15, -0.1) is 0 Å². The van der Waals surface area contributed by atoms with E-state index < -0.39 is 0 Å². The molecule has 2 amide bonds. The van der Waals surface area contributed by atoms with E-state index in [0.717, 1.165) is 6.42 Å². The standard InChI is InChI=1S/C18H26N2O4/c1-12(2)7-8-19-18(22)13-9-17(21)20(11-13)15-6-5-14(23-3)10-16(15)24-4/h5-6,10,12-13H,7-9,11H2,1-4H3,(H,19,22)/t13-/m1/s1. The molecule has 0 saturated carbocycles. The van der Waals surface area contributed by atoms with E-state index >= 15 is 0 Å². The lowest BCUT2D eigenvalue weighted by Crippen LogP contribution is -2.34. The van der Waals surface area contributed by atoms with Crippen molar-refractivity contribution in [2.24, 2.45) is 11.8 Å². The quantitative estimate of drug-likeness (QED) is 0.830. The second-order valence-corrected chi connectivity index (χ2v) is 6.42. The van der Waals surface area contributed by atoms with Gasteiger partial charge in [-0.05, 0) is 24.5 Å². The number of amides is 2. The van der Waals surface area contributed by atoms with Gasteiger partial charge in [-0.2, -0.15) is 0 Å². The van der Waals surface area contributed by atoms with Crippen LogP contribution in [0.1, 0.15) is 26.7 Å². The van der Waals surface area contributed by atoms with E-state index in [1.165, 1.54) is 0 Å². The normalized spacial score (nSPS) is 17.3. The van der Waals surface area contributed by atoms with Crippen LogP contribution >= 0.6 is 0 Å². The SMILES string of the molecule is COc1ccc(N2C[C@H](C(=O)NCCC(C)C)CC2=O)c(OC)c1. The van der Waals surface area contributed by atoms with Gasteiger partial charge in [0.15, 0.2) is 0 Å². The van der Waals surface area contributed by atoms with Crippen LogP contribution in [0, 0.1) is 11.8 Å². The van der Waals surface area contributed by atoms with E-state index in [-0.39, 0.29) is 24.2 Å². The van der Waals surface area contributed by atoms with Crippen LogP contribution in [0.25, 0.3) is 0 Å². The van der Waals surface area contributed by atoms with Gasteiger partial charge in [-0.3, -0.25) is 9.59 Å². The summed E-state index contributed by atoms with van der Waals surface area (Å²) in [5.74, 6) is 1.31. The molecule has 1 heterocycles. The first kappa shape index (κ1) is 18.1. The Morgan fingerprint density at radius 3 is 2.71 bits per heavy atom. The second-order valence-electron chi connectivity index (χ2n) is 6.42. The van der Waals surface area contributed by atoms with Gasteiger partial charge < -0.3 is 19.7 Å². The van der Waals surface area contributed by atoms with E-state index in [0.29, 0.717) is 36.2 Å². The lowest BCUT2D eigenvalue weighted by atomic mass is 10.1. The first-order chi connectivity index (χ1) is 11.5. The number of nitrogens with one attached hydrogen (secondary N) is 1. The monoisotopic (exact) mass is 334 g/mol. The number of rotatable bonds is 7. The molecule has 24 heavy (non-hydrogen) atoms. The molecule has 0 spiro atoms. The Bertz CT molecular complexity index is 601. The minimum absolute atomic E-state index is 0.0565. The van der Waals surface area contributed by atoms with Crippen LogP contribution in [0.2, 0.25) is 0 Å². The second kappa shape index (κ2) is 8.04. The fraction of sp³-hybridized carbons (Fsp3) is 0.556. The molecular formula is C18H26N2O4. The topological polar surface area (TPSA) is 67.9 Å². The maximum atomic E-state index is 12.4. The number of hydrogen-bond donors (Lipinski definition) is 1. The van der Waals surface area contributed by atoms with Gasteiger partial charge >= 0.3 is 0 Å². The highest BCUT2D eigenvalue weighted by atomic mass is 16.5. The van der Waals surface area contributed by atoms with E-state index in [1.807, 2.05) is 0 Å². The lowest BCUT2D eigenvalue weighted by molar-refractivity contribution is -0.126. The summed E-state index contributed by atoms with van der Waals surface area (Å²) in [6, 6.07) is 5.30. The third-order valence-corrected chi connectivity index (χ3v) is 4.19. The molecule has 132 valence electrons. The van der Waals surface area contributed by atoms with Crippen LogP contribution in [-0.2, 0) is 9.59 Å². The number of benzene rings is 1. The van der Waals surface area contributed by atoms with E-state index in [2.05, 4.69) is 19.2 Å². The molecule has 1 aromatic carbocycles. The van der Waals surface area contributed by atoms with E-state index in [1.54, 1.807) is 37.3 Å². The number of anilines is 1. The van der Waals surface area contributed by atoms with Gasteiger partial charge in [0.2, 0.25) is 11.8 Å². The Labute approximate surface area is 143 Å². The van der Waals surface area contributed by atoms with Crippen molar-refractivity contribution >= 4 is 17.5 Å². The fourth-order valence-electron chi connectivity index (χ4n) is 2.75. The zero-order valence-electron chi connectivity index (χ0n) is 14.8. The predicted molar refractivity (Wildman–Crippen MR) is 92.5 cm³/mol. The van der Waals surface area contributed by atoms with Gasteiger partial charge in [-0.25, -0.2) is 0 Å². The molecule has 1 aliphatic rings. The largest absolute Gasteiger partial charge is 0.497 e. The molecule has 0 aliphatic carbocycles. The third-order valence-electron chi connectivity index (χ3n) is 4.19. The molecule has 1 N–H and O–H groups in total. The number of methoxy groups -OCH3 is 2. The average molecular weight is 334 g/mol. The summed E-state index contributed by atoms with van der Waals surface area (Å²) in [7, 11) is 3.13. The minimum atomic E-state index is -0.323. The van der Waals surface area contributed by atoms with Gasteiger partial charge in [0.05, 0.1) is 25.8 Å². The molecule has 1 aromatic rings. The summed E-state index contributed by atoms with van der Waals surface area (Å²) in [5, 5.41) is 2.93.